The fourth-order valence-corrected chi connectivity index (χ4v) is 2.75. The van der Waals surface area contributed by atoms with E-state index in [1.165, 1.54) is 22.9 Å². The Bertz CT molecular complexity index is 973. The van der Waals surface area contributed by atoms with Crippen LogP contribution in [0.5, 0.6) is 0 Å². The number of thiocarbonyl (C=S) groups is 1. The minimum atomic E-state index is -0.477. The second-order valence-corrected chi connectivity index (χ2v) is 6.30. The van der Waals surface area contributed by atoms with Crippen molar-refractivity contribution in [2.45, 2.75) is 6.54 Å². The molecule has 0 aliphatic carbocycles. The highest BCUT2D eigenvalue weighted by atomic mass is 35.5. The van der Waals surface area contributed by atoms with Crippen LogP contribution in [0.25, 0.3) is 0 Å². The molecule has 0 spiro atoms. The zero-order valence-electron chi connectivity index (χ0n) is 13.7. The number of halogens is 2. The molecule has 3 rings (SSSR count). The molecule has 0 radical (unpaired) electrons. The van der Waals surface area contributed by atoms with Gasteiger partial charge < -0.3 is 10.6 Å². The molecule has 3 aromatic rings. The molecule has 2 N–H and O–H groups in total. The van der Waals surface area contributed by atoms with Crippen LogP contribution < -0.4 is 10.6 Å². The Kier molecular flexibility index (Phi) is 5.63. The lowest BCUT2D eigenvalue weighted by Crippen LogP contribution is -2.19. The third-order valence-corrected chi connectivity index (χ3v) is 4.16. The van der Waals surface area contributed by atoms with E-state index >= 15 is 0 Å². The second-order valence-electron chi connectivity index (χ2n) is 5.48. The van der Waals surface area contributed by atoms with Crippen LogP contribution in [0.4, 0.5) is 21.6 Å². The van der Waals surface area contributed by atoms with Gasteiger partial charge in [0.05, 0.1) is 11.5 Å². The van der Waals surface area contributed by atoms with Crippen molar-refractivity contribution in [3.05, 3.63) is 81.2 Å². The highest BCUT2D eigenvalue weighted by Crippen LogP contribution is 2.20. The van der Waals surface area contributed by atoms with E-state index in [4.69, 9.17) is 23.8 Å². The summed E-state index contributed by atoms with van der Waals surface area (Å²) in [6.45, 7) is 0.176. The van der Waals surface area contributed by atoms with E-state index in [2.05, 4.69) is 15.7 Å². The van der Waals surface area contributed by atoms with Gasteiger partial charge in [0.2, 0.25) is 0 Å². The summed E-state index contributed by atoms with van der Waals surface area (Å²) >= 11 is 11.2. The Morgan fingerprint density at radius 2 is 1.96 bits per heavy atom. The van der Waals surface area contributed by atoms with Gasteiger partial charge in [0, 0.05) is 40.7 Å². The van der Waals surface area contributed by atoms with Gasteiger partial charge in [-0.25, -0.2) is 4.39 Å². The van der Waals surface area contributed by atoms with Crippen molar-refractivity contribution in [3.63, 3.8) is 0 Å². The maximum Gasteiger partial charge on any atom is 0.269 e. The Hall–Kier alpha value is -3.04. The molecule has 0 bridgehead atoms. The molecular weight excluding hydrogens is 393 g/mol. The van der Waals surface area contributed by atoms with Crippen molar-refractivity contribution in [1.29, 1.82) is 0 Å². The quantitative estimate of drug-likeness (QED) is 0.371. The molecule has 0 saturated heterocycles. The normalized spacial score (nSPS) is 10.4. The van der Waals surface area contributed by atoms with Gasteiger partial charge in [-0.15, -0.1) is 0 Å². The molecule has 138 valence electrons. The van der Waals surface area contributed by atoms with Crippen LogP contribution in [0, 0.1) is 15.9 Å². The van der Waals surface area contributed by atoms with E-state index in [0.717, 1.165) is 0 Å². The zero-order valence-corrected chi connectivity index (χ0v) is 15.3. The number of anilines is 2. The molecule has 10 heteroatoms. The second kappa shape index (κ2) is 8.11. The molecule has 0 aliphatic rings. The fraction of sp³-hybridized carbons (Fsp3) is 0.0588. The highest BCUT2D eigenvalue weighted by molar-refractivity contribution is 7.80. The van der Waals surface area contributed by atoms with Crippen molar-refractivity contribution < 1.29 is 9.31 Å². The fourth-order valence-electron chi connectivity index (χ4n) is 2.31. The molecule has 0 amide bonds. The first-order chi connectivity index (χ1) is 12.9. The maximum atomic E-state index is 13.9. The van der Waals surface area contributed by atoms with Gasteiger partial charge in [0.1, 0.15) is 5.82 Å². The molecule has 0 atom stereocenters. The first kappa shape index (κ1) is 18.7. The molecule has 2 aromatic carbocycles. The molecular formula is C17H13ClFN5O2S. The van der Waals surface area contributed by atoms with Gasteiger partial charge in [0.15, 0.2) is 10.9 Å². The van der Waals surface area contributed by atoms with Gasteiger partial charge in [-0.05, 0) is 36.5 Å². The summed E-state index contributed by atoms with van der Waals surface area (Å²) < 4.78 is 15.4. The van der Waals surface area contributed by atoms with E-state index in [9.17, 15) is 14.5 Å². The summed E-state index contributed by atoms with van der Waals surface area (Å²) in [4.78, 5) is 10.2. The number of nitro benzene ring substituents is 1. The number of nitrogens with zero attached hydrogens (tertiary/aromatic N) is 3. The van der Waals surface area contributed by atoms with Gasteiger partial charge in [-0.2, -0.15) is 5.10 Å². The summed E-state index contributed by atoms with van der Waals surface area (Å²) in [5, 5.41) is 21.3. The first-order valence-corrected chi connectivity index (χ1v) is 8.50. The average molecular weight is 406 g/mol. The zero-order chi connectivity index (χ0) is 19.4. The average Bonchev–Trinajstić information content (AvgIpc) is 3.05. The molecule has 0 unspecified atom stereocenters. The number of nitrogens with one attached hydrogen (secondary N) is 2. The predicted octanol–water partition coefficient (Wildman–Crippen LogP) is 4.44. The molecule has 27 heavy (non-hydrogen) atoms. The SMILES string of the molecule is O=[N+]([O-])c1ccc(NC(=S)Nc2ccn(Cc3c(F)cccc3Cl)n2)cc1. The van der Waals surface area contributed by atoms with Crippen LogP contribution in [0.1, 0.15) is 5.56 Å². The maximum absolute atomic E-state index is 13.9. The Morgan fingerprint density at radius 1 is 1.22 bits per heavy atom. The number of nitro groups is 1. The van der Waals surface area contributed by atoms with E-state index in [1.54, 1.807) is 36.5 Å². The summed E-state index contributed by atoms with van der Waals surface area (Å²) in [6.07, 6.45) is 1.67. The monoisotopic (exact) mass is 405 g/mol. The Morgan fingerprint density at radius 3 is 2.63 bits per heavy atom. The molecule has 0 fully saturated rings. The van der Waals surface area contributed by atoms with Crippen molar-refractivity contribution in [3.8, 4) is 0 Å². The molecule has 0 saturated carbocycles. The standard InChI is InChI=1S/C17H13ClFN5O2S/c18-14-2-1-3-15(19)13(14)10-23-9-8-16(22-23)21-17(27)20-11-4-6-12(7-5-11)24(25)26/h1-9H,10H2,(H2,20,21,22,27). The minimum Gasteiger partial charge on any atom is -0.332 e. The summed E-state index contributed by atoms with van der Waals surface area (Å²) in [5.41, 5.74) is 0.932. The smallest absolute Gasteiger partial charge is 0.269 e. The van der Waals surface area contributed by atoms with Crippen LogP contribution in [-0.2, 0) is 6.54 Å². The Balaban J connectivity index is 1.61. The van der Waals surface area contributed by atoms with E-state index < -0.39 is 10.7 Å². The van der Waals surface area contributed by atoms with E-state index in [1.807, 2.05) is 0 Å². The van der Waals surface area contributed by atoms with Gasteiger partial charge in [0.25, 0.3) is 5.69 Å². The van der Waals surface area contributed by atoms with Crippen LogP contribution in [0.3, 0.4) is 0 Å². The van der Waals surface area contributed by atoms with Gasteiger partial charge >= 0.3 is 0 Å². The lowest BCUT2D eigenvalue weighted by atomic mass is 10.2. The molecule has 1 heterocycles. The van der Waals surface area contributed by atoms with Gasteiger partial charge in [-0.1, -0.05) is 17.7 Å². The number of rotatable bonds is 5. The molecule has 0 aliphatic heterocycles. The number of non-ortho nitro benzene ring substituents is 1. The summed E-state index contributed by atoms with van der Waals surface area (Å²) in [6, 6.07) is 12.0. The first-order valence-electron chi connectivity index (χ1n) is 7.71. The molecule has 1 aromatic heterocycles. The topological polar surface area (TPSA) is 85.0 Å². The largest absolute Gasteiger partial charge is 0.332 e. The minimum absolute atomic E-state index is 0.00928. The number of hydrogen-bond acceptors (Lipinski definition) is 4. The number of benzene rings is 2. The molecule has 7 nitrogen and oxygen atoms in total. The third-order valence-electron chi connectivity index (χ3n) is 3.60. The summed E-state index contributed by atoms with van der Waals surface area (Å²) in [7, 11) is 0. The van der Waals surface area contributed by atoms with Crippen LogP contribution in [0.15, 0.2) is 54.7 Å². The van der Waals surface area contributed by atoms with E-state index in [0.29, 0.717) is 22.1 Å². The van der Waals surface area contributed by atoms with Gasteiger partial charge in [-0.3, -0.25) is 14.8 Å². The van der Waals surface area contributed by atoms with Crippen LogP contribution in [0.2, 0.25) is 5.02 Å². The van der Waals surface area contributed by atoms with E-state index in [-0.39, 0.29) is 17.3 Å². The van der Waals surface area contributed by atoms with Crippen molar-refractivity contribution >= 4 is 46.1 Å². The lowest BCUT2D eigenvalue weighted by molar-refractivity contribution is -0.384. The highest BCUT2D eigenvalue weighted by Gasteiger charge is 2.10. The predicted molar refractivity (Wildman–Crippen MR) is 106 cm³/mol. The number of hydrogen-bond donors (Lipinski definition) is 2. The Labute approximate surface area is 163 Å². The lowest BCUT2D eigenvalue weighted by Gasteiger charge is -2.09. The van der Waals surface area contributed by atoms with Crippen LogP contribution >= 0.6 is 23.8 Å². The van der Waals surface area contributed by atoms with Crippen molar-refractivity contribution in [1.82, 2.24) is 9.78 Å². The van der Waals surface area contributed by atoms with Crippen molar-refractivity contribution in [2.24, 2.45) is 0 Å². The van der Waals surface area contributed by atoms with Crippen molar-refractivity contribution in [2.75, 3.05) is 10.6 Å². The third kappa shape index (κ3) is 4.78. The number of aromatic nitrogens is 2. The van der Waals surface area contributed by atoms with Crippen LogP contribution in [-0.4, -0.2) is 19.8 Å². The summed E-state index contributed by atoms with van der Waals surface area (Å²) in [5.74, 6) is 0.0599.